The fourth-order valence-corrected chi connectivity index (χ4v) is 6.93. The zero-order valence-corrected chi connectivity index (χ0v) is 20.9. The molecular formula is C24H23ClN4O3S2. The highest BCUT2D eigenvalue weighted by molar-refractivity contribution is 7.91. The summed E-state index contributed by atoms with van der Waals surface area (Å²) in [6.07, 6.45) is 5.31. The number of nitrogens with zero attached hydrogens (tertiary/aromatic N) is 3. The van der Waals surface area contributed by atoms with Crippen LogP contribution in [-0.2, 0) is 21.4 Å². The van der Waals surface area contributed by atoms with Crippen LogP contribution in [0.15, 0.2) is 52.7 Å². The molecule has 176 valence electrons. The highest BCUT2D eigenvalue weighted by Gasteiger charge is 2.33. The summed E-state index contributed by atoms with van der Waals surface area (Å²) in [6.45, 7) is 1.05. The third-order valence-corrected chi connectivity index (χ3v) is 9.28. The van der Waals surface area contributed by atoms with Crippen molar-refractivity contribution in [3.05, 3.63) is 64.7 Å². The van der Waals surface area contributed by atoms with E-state index in [-0.39, 0.29) is 23.2 Å². The molecule has 2 aromatic carbocycles. The molecule has 1 fully saturated rings. The molecule has 0 radical (unpaired) electrons. The van der Waals surface area contributed by atoms with Gasteiger partial charge in [-0.2, -0.15) is 4.31 Å². The van der Waals surface area contributed by atoms with Crippen LogP contribution in [0.5, 0.6) is 0 Å². The third kappa shape index (κ3) is 4.95. The van der Waals surface area contributed by atoms with E-state index in [1.807, 2.05) is 24.3 Å². The van der Waals surface area contributed by atoms with Crippen molar-refractivity contribution < 1.29 is 13.2 Å². The lowest BCUT2D eigenvalue weighted by Crippen LogP contribution is -2.51. The number of piperazine rings is 1. The molecule has 1 aromatic heterocycles. The minimum absolute atomic E-state index is 0.197. The van der Waals surface area contributed by atoms with Crippen LogP contribution in [-0.4, -0.2) is 67.5 Å². The lowest BCUT2D eigenvalue weighted by molar-refractivity contribution is -0.134. The second-order valence-electron chi connectivity index (χ2n) is 8.01. The molecule has 0 aliphatic carbocycles. The number of amides is 1. The predicted molar refractivity (Wildman–Crippen MR) is 136 cm³/mol. The Morgan fingerprint density at radius 2 is 1.94 bits per heavy atom. The Bertz CT molecular complexity index is 1390. The number of hydrogen-bond acceptors (Lipinski definition) is 5. The standard InChI is InChI=1S/C24H23ClN4O3S2/c1-3-10-27(2)24(26)18-6-4-17(5-7-18)15-28-11-12-29(16-22(28)30)34(31,32)23-13-19-8-9-20(25)14-21(19)33-23/h1,4-9,13-14,26H,10-12,15-16H2,2H3. The molecule has 2 heterocycles. The fraction of sp³-hybridized carbons (Fsp3) is 0.250. The Hall–Kier alpha value is -2.90. The molecule has 1 aliphatic heterocycles. The van der Waals surface area contributed by atoms with Crippen LogP contribution in [0, 0.1) is 17.8 Å². The summed E-state index contributed by atoms with van der Waals surface area (Å²) in [6, 6.07) is 14.3. The molecule has 1 amide bonds. The first kappa shape index (κ1) is 24.2. The first-order valence-electron chi connectivity index (χ1n) is 10.5. The Morgan fingerprint density at radius 1 is 1.21 bits per heavy atom. The minimum atomic E-state index is -3.78. The fourth-order valence-electron chi connectivity index (χ4n) is 3.72. The first-order valence-corrected chi connectivity index (χ1v) is 13.1. The van der Waals surface area contributed by atoms with E-state index >= 15 is 0 Å². The molecule has 0 bridgehead atoms. The van der Waals surface area contributed by atoms with Crippen LogP contribution in [0.1, 0.15) is 11.1 Å². The van der Waals surface area contributed by atoms with E-state index in [4.69, 9.17) is 23.4 Å². The molecule has 4 rings (SSSR count). The molecule has 3 aromatic rings. The summed E-state index contributed by atoms with van der Waals surface area (Å²) in [5.74, 6) is 2.59. The average Bonchev–Trinajstić information content (AvgIpc) is 3.24. The second-order valence-corrected chi connectivity index (χ2v) is 11.7. The topological polar surface area (TPSA) is 84.8 Å². The third-order valence-electron chi connectivity index (χ3n) is 5.65. The van der Waals surface area contributed by atoms with E-state index in [1.165, 1.54) is 4.31 Å². The van der Waals surface area contributed by atoms with Crippen molar-refractivity contribution in [1.29, 1.82) is 5.41 Å². The Labute approximate surface area is 208 Å². The molecule has 0 saturated carbocycles. The summed E-state index contributed by atoms with van der Waals surface area (Å²) in [5.41, 5.74) is 1.63. The Kier molecular flexibility index (Phi) is 6.96. The minimum Gasteiger partial charge on any atom is -0.349 e. The maximum Gasteiger partial charge on any atom is 0.253 e. The Balaban J connectivity index is 1.41. The van der Waals surface area contributed by atoms with Crippen molar-refractivity contribution in [2.45, 2.75) is 10.8 Å². The summed E-state index contributed by atoms with van der Waals surface area (Å²) in [4.78, 5) is 16.1. The maximum atomic E-state index is 13.2. The summed E-state index contributed by atoms with van der Waals surface area (Å²) in [5, 5.41) is 9.54. The molecular weight excluding hydrogens is 492 g/mol. The van der Waals surface area contributed by atoms with Gasteiger partial charge in [0, 0.05) is 42.0 Å². The van der Waals surface area contributed by atoms with E-state index in [2.05, 4.69) is 5.92 Å². The largest absolute Gasteiger partial charge is 0.349 e. The van der Waals surface area contributed by atoms with Crippen molar-refractivity contribution in [2.24, 2.45) is 0 Å². The van der Waals surface area contributed by atoms with Crippen molar-refractivity contribution in [3.63, 3.8) is 0 Å². The van der Waals surface area contributed by atoms with Gasteiger partial charge in [-0.05, 0) is 29.1 Å². The molecule has 34 heavy (non-hydrogen) atoms. The molecule has 1 saturated heterocycles. The number of amidine groups is 1. The normalized spacial score (nSPS) is 14.9. The number of thiophene rings is 1. The number of carbonyl (C=O) groups excluding carboxylic acids is 1. The summed E-state index contributed by atoms with van der Waals surface area (Å²) < 4.78 is 28.5. The van der Waals surface area contributed by atoms with Gasteiger partial charge in [-0.1, -0.05) is 47.9 Å². The van der Waals surface area contributed by atoms with Crippen LogP contribution in [0.2, 0.25) is 5.02 Å². The molecule has 1 N–H and O–H groups in total. The number of sulfonamides is 1. The van der Waals surface area contributed by atoms with E-state index < -0.39 is 10.0 Å². The zero-order chi connectivity index (χ0) is 24.5. The average molecular weight is 515 g/mol. The van der Waals surface area contributed by atoms with Gasteiger partial charge in [0.25, 0.3) is 10.0 Å². The predicted octanol–water partition coefficient (Wildman–Crippen LogP) is 3.48. The van der Waals surface area contributed by atoms with Crippen LogP contribution in [0.25, 0.3) is 10.1 Å². The lowest BCUT2D eigenvalue weighted by atomic mass is 10.1. The van der Waals surface area contributed by atoms with E-state index in [0.717, 1.165) is 32.5 Å². The van der Waals surface area contributed by atoms with Gasteiger partial charge in [0.05, 0.1) is 13.1 Å². The van der Waals surface area contributed by atoms with Crippen molar-refractivity contribution in [3.8, 4) is 12.3 Å². The van der Waals surface area contributed by atoms with Gasteiger partial charge in [-0.25, -0.2) is 8.42 Å². The lowest BCUT2D eigenvalue weighted by Gasteiger charge is -2.33. The van der Waals surface area contributed by atoms with Gasteiger partial charge in [0.2, 0.25) is 5.91 Å². The Morgan fingerprint density at radius 3 is 2.62 bits per heavy atom. The highest BCUT2D eigenvalue weighted by atomic mass is 35.5. The maximum absolute atomic E-state index is 13.2. The van der Waals surface area contributed by atoms with Gasteiger partial charge < -0.3 is 9.80 Å². The number of carbonyl (C=O) groups is 1. The van der Waals surface area contributed by atoms with Gasteiger partial charge in [0.15, 0.2) is 0 Å². The molecule has 1 aliphatic rings. The molecule has 0 spiro atoms. The van der Waals surface area contributed by atoms with E-state index in [9.17, 15) is 13.2 Å². The van der Waals surface area contributed by atoms with Crippen LogP contribution >= 0.6 is 22.9 Å². The van der Waals surface area contributed by atoms with Gasteiger partial charge in [0.1, 0.15) is 10.0 Å². The zero-order valence-electron chi connectivity index (χ0n) is 18.5. The highest BCUT2D eigenvalue weighted by Crippen LogP contribution is 2.33. The quantitative estimate of drug-likeness (QED) is 0.310. The van der Waals surface area contributed by atoms with Gasteiger partial charge in [-0.3, -0.25) is 10.2 Å². The van der Waals surface area contributed by atoms with Crippen LogP contribution < -0.4 is 0 Å². The molecule has 0 atom stereocenters. The molecule has 7 nitrogen and oxygen atoms in total. The van der Waals surface area contributed by atoms with Crippen LogP contribution in [0.3, 0.4) is 0 Å². The first-order chi connectivity index (χ1) is 16.2. The number of rotatable bonds is 6. The van der Waals surface area contributed by atoms with Crippen molar-refractivity contribution in [1.82, 2.24) is 14.1 Å². The number of fused-ring (bicyclic) bond motifs is 1. The number of halogens is 1. The number of hydrogen-bond donors (Lipinski definition) is 1. The van der Waals surface area contributed by atoms with Gasteiger partial charge in [-0.15, -0.1) is 17.8 Å². The summed E-state index contributed by atoms with van der Waals surface area (Å²) in [7, 11) is -2.01. The molecule has 10 heteroatoms. The van der Waals surface area contributed by atoms with Crippen molar-refractivity contribution >= 4 is 54.8 Å². The summed E-state index contributed by atoms with van der Waals surface area (Å²) >= 11 is 7.17. The SMILES string of the molecule is C#CCN(C)C(=N)c1ccc(CN2CCN(S(=O)(=O)c3cc4ccc(Cl)cc4s3)CC2=O)cc1. The smallest absolute Gasteiger partial charge is 0.253 e. The number of terminal acetylenes is 1. The number of nitrogens with one attached hydrogen (secondary N) is 1. The van der Waals surface area contributed by atoms with Gasteiger partial charge >= 0.3 is 0 Å². The van der Waals surface area contributed by atoms with Crippen molar-refractivity contribution in [2.75, 3.05) is 33.2 Å². The number of benzene rings is 2. The van der Waals surface area contributed by atoms with E-state index in [1.54, 1.807) is 41.1 Å². The second kappa shape index (κ2) is 9.76. The van der Waals surface area contributed by atoms with E-state index in [0.29, 0.717) is 30.5 Å². The molecule has 0 unspecified atom stereocenters. The van der Waals surface area contributed by atoms with Crippen LogP contribution in [0.4, 0.5) is 0 Å². The monoisotopic (exact) mass is 514 g/mol.